The van der Waals surface area contributed by atoms with E-state index in [1.807, 2.05) is 0 Å². The Morgan fingerprint density at radius 1 is 1.44 bits per heavy atom. The summed E-state index contributed by atoms with van der Waals surface area (Å²) < 4.78 is 0. The quantitative estimate of drug-likeness (QED) is 0.786. The molecule has 4 nitrogen and oxygen atoms in total. The number of carbonyl (C=O) groups excluding carboxylic acids is 1. The Morgan fingerprint density at radius 3 is 2.88 bits per heavy atom. The van der Waals surface area contributed by atoms with Crippen molar-refractivity contribution in [3.63, 3.8) is 0 Å². The van der Waals surface area contributed by atoms with E-state index in [0.717, 1.165) is 25.7 Å². The number of primary amides is 1. The molecule has 2 atom stereocenters. The van der Waals surface area contributed by atoms with Gasteiger partial charge >= 0.3 is 0 Å². The van der Waals surface area contributed by atoms with Gasteiger partial charge in [0, 0.05) is 12.1 Å². The zero-order valence-electron chi connectivity index (χ0n) is 9.10. The van der Waals surface area contributed by atoms with Gasteiger partial charge in [-0.15, -0.1) is 0 Å². The first-order valence-corrected chi connectivity index (χ1v) is 5.63. The second kappa shape index (κ2) is 4.61. The summed E-state index contributed by atoms with van der Waals surface area (Å²) in [4.78, 5) is 15.5. The first kappa shape index (κ1) is 11.1. The maximum atomic E-state index is 11.3. The van der Waals surface area contributed by atoms with Crippen LogP contribution in [0.15, 0.2) is 18.3 Å². The summed E-state index contributed by atoms with van der Waals surface area (Å²) in [5.41, 5.74) is 6.40. The van der Waals surface area contributed by atoms with Gasteiger partial charge in [-0.25, -0.2) is 0 Å². The lowest BCUT2D eigenvalue weighted by Gasteiger charge is -2.27. The molecule has 3 N–H and O–H groups in total. The van der Waals surface area contributed by atoms with Crippen molar-refractivity contribution in [3.8, 4) is 0 Å². The number of aliphatic hydroxyl groups excluding tert-OH is 1. The van der Waals surface area contributed by atoms with Crippen molar-refractivity contribution in [2.24, 2.45) is 5.73 Å². The van der Waals surface area contributed by atoms with Gasteiger partial charge in [0.25, 0.3) is 5.91 Å². The molecule has 1 aliphatic rings. The molecule has 1 saturated carbocycles. The number of hydrogen-bond donors (Lipinski definition) is 2. The predicted molar refractivity (Wildman–Crippen MR) is 60.0 cm³/mol. The summed E-state index contributed by atoms with van der Waals surface area (Å²) in [6.07, 6.45) is 5.00. The van der Waals surface area contributed by atoms with Crippen molar-refractivity contribution in [1.82, 2.24) is 4.98 Å². The number of hydrogen-bond acceptors (Lipinski definition) is 3. The number of nitrogens with two attached hydrogens (primary N) is 1. The van der Waals surface area contributed by atoms with Gasteiger partial charge in [0.1, 0.15) is 0 Å². The number of pyridine rings is 1. The summed E-state index contributed by atoms with van der Waals surface area (Å²) in [6.45, 7) is 0. The fourth-order valence-electron chi connectivity index (χ4n) is 2.35. The van der Waals surface area contributed by atoms with Gasteiger partial charge in [0.05, 0.1) is 17.4 Å². The first-order chi connectivity index (χ1) is 7.70. The minimum Gasteiger partial charge on any atom is -0.392 e. The molecule has 2 rings (SSSR count). The molecule has 4 heteroatoms. The zero-order valence-corrected chi connectivity index (χ0v) is 9.10. The molecule has 0 saturated heterocycles. The third-order valence-corrected chi connectivity index (χ3v) is 3.18. The Hall–Kier alpha value is -1.42. The van der Waals surface area contributed by atoms with Crippen molar-refractivity contribution in [2.45, 2.75) is 37.7 Å². The molecule has 0 aliphatic heterocycles. The second-order valence-electron chi connectivity index (χ2n) is 4.26. The third kappa shape index (κ3) is 2.07. The largest absolute Gasteiger partial charge is 0.392 e. The van der Waals surface area contributed by atoms with E-state index in [2.05, 4.69) is 4.98 Å². The number of nitrogens with zero attached hydrogens (tertiary/aromatic N) is 1. The second-order valence-corrected chi connectivity index (χ2v) is 4.26. The Balaban J connectivity index is 2.34. The Labute approximate surface area is 94.5 Å². The SMILES string of the molecule is NC(=O)c1cccnc1[C@H]1CCCC[C@H]1O. The van der Waals surface area contributed by atoms with E-state index in [1.165, 1.54) is 0 Å². The van der Waals surface area contributed by atoms with Crippen LogP contribution in [0.3, 0.4) is 0 Å². The van der Waals surface area contributed by atoms with E-state index in [9.17, 15) is 9.90 Å². The highest BCUT2D eigenvalue weighted by Gasteiger charge is 2.28. The topological polar surface area (TPSA) is 76.2 Å². The standard InChI is InChI=1S/C12H16N2O2/c13-12(16)9-5-3-7-14-11(9)8-4-1-2-6-10(8)15/h3,5,7-8,10,15H,1-2,4,6H2,(H2,13,16)/t8-,10+/m0/s1. The van der Waals surface area contributed by atoms with Crippen LogP contribution in [-0.4, -0.2) is 22.1 Å². The van der Waals surface area contributed by atoms with Crippen LogP contribution in [-0.2, 0) is 0 Å². The molecule has 1 aromatic heterocycles. The molecule has 0 unspecified atom stereocenters. The van der Waals surface area contributed by atoms with Crippen LogP contribution < -0.4 is 5.73 Å². The molecule has 1 heterocycles. The van der Waals surface area contributed by atoms with Crippen LogP contribution in [0.2, 0.25) is 0 Å². The number of aliphatic hydroxyl groups is 1. The van der Waals surface area contributed by atoms with Crippen molar-refractivity contribution in [1.29, 1.82) is 0 Å². The van der Waals surface area contributed by atoms with Gasteiger partial charge in [-0.2, -0.15) is 0 Å². The van der Waals surface area contributed by atoms with E-state index in [0.29, 0.717) is 11.3 Å². The molecule has 1 aromatic rings. The highest BCUT2D eigenvalue weighted by molar-refractivity contribution is 5.94. The molecule has 0 bridgehead atoms. The van der Waals surface area contributed by atoms with Crippen molar-refractivity contribution in [3.05, 3.63) is 29.6 Å². The van der Waals surface area contributed by atoms with Crippen LogP contribution in [0.1, 0.15) is 47.7 Å². The number of carbonyl (C=O) groups is 1. The van der Waals surface area contributed by atoms with Gasteiger partial charge in [0.15, 0.2) is 0 Å². The molecule has 1 amide bonds. The van der Waals surface area contributed by atoms with Crippen LogP contribution >= 0.6 is 0 Å². The summed E-state index contributed by atoms with van der Waals surface area (Å²) in [6, 6.07) is 3.37. The molecule has 0 radical (unpaired) electrons. The minimum atomic E-state index is -0.471. The monoisotopic (exact) mass is 220 g/mol. The predicted octanol–water partition coefficient (Wildman–Crippen LogP) is 1.20. The first-order valence-electron chi connectivity index (χ1n) is 5.63. The van der Waals surface area contributed by atoms with Crippen molar-refractivity contribution >= 4 is 5.91 Å². The maximum Gasteiger partial charge on any atom is 0.250 e. The number of amides is 1. The Kier molecular flexibility index (Phi) is 3.19. The van der Waals surface area contributed by atoms with Gasteiger partial charge in [-0.3, -0.25) is 9.78 Å². The lowest BCUT2D eigenvalue weighted by Crippen LogP contribution is -2.26. The van der Waals surface area contributed by atoms with E-state index in [-0.39, 0.29) is 5.92 Å². The van der Waals surface area contributed by atoms with Crippen LogP contribution in [0.25, 0.3) is 0 Å². The normalized spacial score (nSPS) is 25.3. The highest BCUT2D eigenvalue weighted by Crippen LogP contribution is 2.33. The minimum absolute atomic E-state index is 0.0440. The van der Waals surface area contributed by atoms with Gasteiger partial charge < -0.3 is 10.8 Å². The zero-order chi connectivity index (χ0) is 11.5. The van der Waals surface area contributed by atoms with Crippen LogP contribution in [0, 0.1) is 0 Å². The molecule has 1 fully saturated rings. The molecular weight excluding hydrogens is 204 g/mol. The fraction of sp³-hybridized carbons (Fsp3) is 0.500. The molecule has 86 valence electrons. The lowest BCUT2D eigenvalue weighted by atomic mass is 9.82. The number of aromatic nitrogens is 1. The summed E-state index contributed by atoms with van der Waals surface area (Å²) >= 11 is 0. The highest BCUT2D eigenvalue weighted by atomic mass is 16.3. The molecule has 0 aromatic carbocycles. The van der Waals surface area contributed by atoms with Crippen LogP contribution in [0.4, 0.5) is 0 Å². The average Bonchev–Trinajstić information content (AvgIpc) is 2.29. The number of rotatable bonds is 2. The van der Waals surface area contributed by atoms with Crippen molar-refractivity contribution in [2.75, 3.05) is 0 Å². The summed E-state index contributed by atoms with van der Waals surface area (Å²) in [5, 5.41) is 9.94. The van der Waals surface area contributed by atoms with E-state index >= 15 is 0 Å². The Bertz CT molecular complexity index is 392. The maximum absolute atomic E-state index is 11.3. The smallest absolute Gasteiger partial charge is 0.250 e. The van der Waals surface area contributed by atoms with Crippen LogP contribution in [0.5, 0.6) is 0 Å². The van der Waals surface area contributed by atoms with Gasteiger partial charge in [0.2, 0.25) is 0 Å². The molecule has 0 spiro atoms. The lowest BCUT2D eigenvalue weighted by molar-refractivity contribution is 0.0971. The average molecular weight is 220 g/mol. The van der Waals surface area contributed by atoms with E-state index in [1.54, 1.807) is 18.3 Å². The molecule has 1 aliphatic carbocycles. The molecular formula is C12H16N2O2. The van der Waals surface area contributed by atoms with E-state index in [4.69, 9.17) is 5.73 Å². The summed E-state index contributed by atoms with van der Waals surface area (Å²) in [5.74, 6) is -0.515. The Morgan fingerprint density at radius 2 is 2.19 bits per heavy atom. The fourth-order valence-corrected chi connectivity index (χ4v) is 2.35. The van der Waals surface area contributed by atoms with Gasteiger partial charge in [-0.05, 0) is 25.0 Å². The van der Waals surface area contributed by atoms with Gasteiger partial charge in [-0.1, -0.05) is 12.8 Å². The van der Waals surface area contributed by atoms with Crippen molar-refractivity contribution < 1.29 is 9.90 Å². The summed E-state index contributed by atoms with van der Waals surface area (Å²) in [7, 11) is 0. The third-order valence-electron chi connectivity index (χ3n) is 3.18. The molecule has 16 heavy (non-hydrogen) atoms. The van der Waals surface area contributed by atoms with E-state index < -0.39 is 12.0 Å².